The molecule has 3 N–H and O–H groups in total. The van der Waals surface area contributed by atoms with Crippen molar-refractivity contribution in [2.75, 3.05) is 7.11 Å². The van der Waals surface area contributed by atoms with Crippen molar-refractivity contribution in [1.29, 1.82) is 0 Å². The topological polar surface area (TPSA) is 87.0 Å². The number of benzene rings is 1. The van der Waals surface area contributed by atoms with Crippen LogP contribution in [0.5, 0.6) is 11.5 Å². The lowest BCUT2D eigenvalue weighted by molar-refractivity contribution is -0.146. The van der Waals surface area contributed by atoms with Gasteiger partial charge in [0.2, 0.25) is 0 Å². The van der Waals surface area contributed by atoms with Crippen molar-refractivity contribution >= 4 is 5.97 Å². The molecule has 0 saturated carbocycles. The molecule has 0 amide bonds. The molecule has 5 heteroatoms. The van der Waals surface area contributed by atoms with Crippen molar-refractivity contribution in [2.45, 2.75) is 18.9 Å². The number of carbonyl (C=O) groups is 1. The van der Waals surface area contributed by atoms with Gasteiger partial charge in [-0.25, -0.2) is 4.79 Å². The number of carboxylic acids is 1. The lowest BCUT2D eigenvalue weighted by Crippen LogP contribution is -2.19. The first-order valence-corrected chi connectivity index (χ1v) is 4.81. The molecule has 0 unspecified atom stereocenters. The van der Waals surface area contributed by atoms with Gasteiger partial charge >= 0.3 is 5.97 Å². The van der Waals surface area contributed by atoms with Gasteiger partial charge in [0.25, 0.3) is 0 Å². The Morgan fingerprint density at radius 2 is 2.19 bits per heavy atom. The van der Waals surface area contributed by atoms with Gasteiger partial charge in [0.05, 0.1) is 7.11 Å². The number of aliphatic hydroxyl groups excluding tert-OH is 1. The minimum atomic E-state index is -1.36. The highest BCUT2D eigenvalue weighted by molar-refractivity contribution is 5.71. The average Bonchev–Trinajstić information content (AvgIpc) is 2.27. The second-order valence-corrected chi connectivity index (χ2v) is 3.40. The maximum Gasteiger partial charge on any atom is 0.332 e. The number of phenols is 1. The summed E-state index contributed by atoms with van der Waals surface area (Å²) in [6.45, 7) is 0. The third-order valence-corrected chi connectivity index (χ3v) is 2.24. The van der Waals surface area contributed by atoms with Gasteiger partial charge in [0.15, 0.2) is 17.6 Å². The lowest BCUT2D eigenvalue weighted by Gasteiger charge is -2.08. The van der Waals surface area contributed by atoms with Crippen LogP contribution in [0.4, 0.5) is 0 Å². The molecule has 1 aromatic carbocycles. The van der Waals surface area contributed by atoms with Crippen LogP contribution < -0.4 is 4.74 Å². The Hall–Kier alpha value is -1.75. The molecule has 1 rings (SSSR count). The monoisotopic (exact) mass is 226 g/mol. The van der Waals surface area contributed by atoms with Crippen molar-refractivity contribution < 1.29 is 24.9 Å². The minimum absolute atomic E-state index is 0.0324. The fourth-order valence-corrected chi connectivity index (χ4v) is 1.30. The average molecular weight is 226 g/mol. The Labute approximate surface area is 92.9 Å². The van der Waals surface area contributed by atoms with E-state index in [-0.39, 0.29) is 12.2 Å². The summed E-state index contributed by atoms with van der Waals surface area (Å²) in [5, 5.41) is 26.9. The maximum atomic E-state index is 10.4. The van der Waals surface area contributed by atoms with Crippen LogP contribution >= 0.6 is 0 Å². The zero-order chi connectivity index (χ0) is 12.1. The van der Waals surface area contributed by atoms with Crippen LogP contribution in [-0.4, -0.2) is 34.5 Å². The van der Waals surface area contributed by atoms with E-state index in [1.54, 1.807) is 12.1 Å². The highest BCUT2D eigenvalue weighted by Crippen LogP contribution is 2.26. The SMILES string of the molecule is COc1cc(CC[C@@H](O)C(=O)O)ccc1O. The van der Waals surface area contributed by atoms with E-state index in [0.29, 0.717) is 12.2 Å². The van der Waals surface area contributed by atoms with Crippen molar-refractivity contribution in [3.05, 3.63) is 23.8 Å². The van der Waals surface area contributed by atoms with Crippen LogP contribution in [0.3, 0.4) is 0 Å². The van der Waals surface area contributed by atoms with Crippen molar-refractivity contribution in [3.8, 4) is 11.5 Å². The van der Waals surface area contributed by atoms with E-state index in [1.807, 2.05) is 0 Å². The molecule has 0 aromatic heterocycles. The fourth-order valence-electron chi connectivity index (χ4n) is 1.30. The normalized spacial score (nSPS) is 12.1. The minimum Gasteiger partial charge on any atom is -0.504 e. The number of rotatable bonds is 5. The molecule has 16 heavy (non-hydrogen) atoms. The molecule has 0 aliphatic carbocycles. The van der Waals surface area contributed by atoms with Crippen LogP contribution in [0.15, 0.2) is 18.2 Å². The summed E-state index contributed by atoms with van der Waals surface area (Å²) in [6.07, 6.45) is -0.826. The first-order valence-electron chi connectivity index (χ1n) is 4.81. The summed E-state index contributed by atoms with van der Waals surface area (Å²) in [7, 11) is 1.44. The van der Waals surface area contributed by atoms with E-state index < -0.39 is 12.1 Å². The molecule has 0 fully saturated rings. The van der Waals surface area contributed by atoms with E-state index in [0.717, 1.165) is 5.56 Å². The molecule has 0 heterocycles. The third-order valence-electron chi connectivity index (χ3n) is 2.24. The van der Waals surface area contributed by atoms with Gasteiger partial charge in [0.1, 0.15) is 0 Å². The first-order chi connectivity index (χ1) is 7.54. The number of aliphatic carboxylic acids is 1. The molecular formula is C11H14O5. The number of ether oxygens (including phenoxy) is 1. The summed E-state index contributed by atoms with van der Waals surface area (Å²) in [4.78, 5) is 10.4. The standard InChI is InChI=1S/C11H14O5/c1-16-10-6-7(2-4-8(10)12)3-5-9(13)11(14)15/h2,4,6,9,12-13H,3,5H2,1H3,(H,14,15)/t9-/m1/s1. The molecule has 1 atom stereocenters. The highest BCUT2D eigenvalue weighted by Gasteiger charge is 2.13. The Bertz CT molecular complexity index is 375. The van der Waals surface area contributed by atoms with Crippen LogP contribution in [0.1, 0.15) is 12.0 Å². The van der Waals surface area contributed by atoms with Crippen molar-refractivity contribution in [1.82, 2.24) is 0 Å². The number of phenolic OH excluding ortho intramolecular Hbond substituents is 1. The van der Waals surface area contributed by atoms with E-state index in [4.69, 9.17) is 14.9 Å². The van der Waals surface area contributed by atoms with E-state index in [2.05, 4.69) is 0 Å². The van der Waals surface area contributed by atoms with Gasteiger partial charge in [-0.1, -0.05) is 6.07 Å². The fraction of sp³-hybridized carbons (Fsp3) is 0.364. The number of hydrogen-bond donors (Lipinski definition) is 3. The van der Waals surface area contributed by atoms with E-state index in [9.17, 15) is 9.90 Å². The second-order valence-electron chi connectivity index (χ2n) is 3.40. The zero-order valence-corrected chi connectivity index (χ0v) is 8.88. The summed E-state index contributed by atoms with van der Waals surface area (Å²) in [6, 6.07) is 4.75. The van der Waals surface area contributed by atoms with Gasteiger partial charge in [-0.2, -0.15) is 0 Å². The molecule has 0 spiro atoms. The van der Waals surface area contributed by atoms with Gasteiger partial charge < -0.3 is 20.1 Å². The number of aliphatic hydroxyl groups is 1. The van der Waals surface area contributed by atoms with Gasteiger partial charge in [0, 0.05) is 0 Å². The molecule has 0 saturated heterocycles. The van der Waals surface area contributed by atoms with Crippen molar-refractivity contribution in [2.24, 2.45) is 0 Å². The Balaban J connectivity index is 2.64. The molecule has 0 aliphatic rings. The predicted octanol–water partition coefficient (Wildman–Crippen LogP) is 0.779. The van der Waals surface area contributed by atoms with E-state index in [1.165, 1.54) is 13.2 Å². The summed E-state index contributed by atoms with van der Waals surface area (Å²) in [5.41, 5.74) is 0.801. The van der Waals surface area contributed by atoms with Crippen LogP contribution in [0.2, 0.25) is 0 Å². The van der Waals surface area contributed by atoms with E-state index >= 15 is 0 Å². The number of carboxylic acid groups (broad SMARTS) is 1. The summed E-state index contributed by atoms with van der Waals surface area (Å²) in [5.74, 6) is -0.863. The number of aromatic hydroxyl groups is 1. The number of methoxy groups -OCH3 is 1. The second kappa shape index (κ2) is 5.37. The largest absolute Gasteiger partial charge is 0.504 e. The molecule has 0 radical (unpaired) electrons. The number of aryl methyl sites for hydroxylation is 1. The quantitative estimate of drug-likeness (QED) is 0.690. The molecule has 1 aromatic rings. The number of hydrogen-bond acceptors (Lipinski definition) is 4. The predicted molar refractivity (Wildman–Crippen MR) is 56.6 cm³/mol. The maximum absolute atomic E-state index is 10.4. The zero-order valence-electron chi connectivity index (χ0n) is 8.88. The Morgan fingerprint density at radius 1 is 1.50 bits per heavy atom. The molecule has 5 nitrogen and oxygen atoms in total. The smallest absolute Gasteiger partial charge is 0.332 e. The lowest BCUT2D eigenvalue weighted by atomic mass is 10.1. The highest BCUT2D eigenvalue weighted by atomic mass is 16.5. The van der Waals surface area contributed by atoms with Crippen LogP contribution in [0, 0.1) is 0 Å². The van der Waals surface area contributed by atoms with Gasteiger partial charge in [-0.05, 0) is 30.5 Å². The van der Waals surface area contributed by atoms with Gasteiger partial charge in [-0.15, -0.1) is 0 Å². The first kappa shape index (κ1) is 12.3. The van der Waals surface area contributed by atoms with Crippen molar-refractivity contribution in [3.63, 3.8) is 0 Å². The molecule has 0 aliphatic heterocycles. The van der Waals surface area contributed by atoms with Crippen LogP contribution in [0.25, 0.3) is 0 Å². The summed E-state index contributed by atoms with van der Waals surface area (Å²) < 4.78 is 4.91. The molecule has 88 valence electrons. The molecular weight excluding hydrogens is 212 g/mol. The van der Waals surface area contributed by atoms with Gasteiger partial charge in [-0.3, -0.25) is 0 Å². The van der Waals surface area contributed by atoms with Crippen LogP contribution in [-0.2, 0) is 11.2 Å². The summed E-state index contributed by atoms with van der Waals surface area (Å²) >= 11 is 0. The third kappa shape index (κ3) is 3.13. The Kier molecular flexibility index (Phi) is 4.13. The molecule has 0 bridgehead atoms. The Morgan fingerprint density at radius 3 is 2.75 bits per heavy atom.